The second-order valence-electron chi connectivity index (χ2n) is 14.0. The minimum Gasteiger partial charge on any atom is -0.456 e. The minimum absolute atomic E-state index is 0.580. The van der Waals surface area contributed by atoms with Crippen molar-refractivity contribution in [2.45, 2.75) is 0 Å². The molecule has 0 radical (unpaired) electrons. The number of rotatable bonds is 6. The monoisotopic (exact) mass is 716 g/mol. The lowest BCUT2D eigenvalue weighted by Crippen LogP contribution is -2.02. The van der Waals surface area contributed by atoms with Gasteiger partial charge >= 0.3 is 0 Å². The molecule has 0 spiro atoms. The van der Waals surface area contributed by atoms with Gasteiger partial charge in [0.1, 0.15) is 11.2 Å². The third-order valence-corrected chi connectivity index (χ3v) is 10.6. The van der Waals surface area contributed by atoms with E-state index in [4.69, 9.17) is 19.4 Å². The quantitative estimate of drug-likeness (QED) is 0.172. The van der Waals surface area contributed by atoms with Gasteiger partial charge in [0.05, 0.1) is 11.0 Å². The van der Waals surface area contributed by atoms with Crippen LogP contribution in [0.2, 0.25) is 0 Å². The van der Waals surface area contributed by atoms with E-state index in [1.807, 2.05) is 54.6 Å². The van der Waals surface area contributed by atoms with Crippen LogP contribution in [0.25, 0.3) is 106 Å². The summed E-state index contributed by atoms with van der Waals surface area (Å²) >= 11 is 0. The number of aromatic nitrogens is 4. The fourth-order valence-electron chi connectivity index (χ4n) is 7.99. The number of benzene rings is 8. The molecule has 0 atom stereocenters. The van der Waals surface area contributed by atoms with Crippen LogP contribution >= 0.6 is 0 Å². The van der Waals surface area contributed by atoms with Crippen LogP contribution in [0, 0.1) is 0 Å². The Morgan fingerprint density at radius 2 is 0.911 bits per heavy atom. The smallest absolute Gasteiger partial charge is 0.166 e. The zero-order valence-electron chi connectivity index (χ0n) is 30.2. The molecular formula is C51H32N4O. The van der Waals surface area contributed by atoms with Crippen LogP contribution in [0.3, 0.4) is 0 Å². The van der Waals surface area contributed by atoms with E-state index >= 15 is 0 Å². The summed E-state index contributed by atoms with van der Waals surface area (Å²) in [7, 11) is 0. The summed E-state index contributed by atoms with van der Waals surface area (Å²) < 4.78 is 8.64. The molecule has 0 aliphatic carbocycles. The Kier molecular flexibility index (Phi) is 7.42. The predicted molar refractivity (Wildman–Crippen MR) is 229 cm³/mol. The lowest BCUT2D eigenvalue weighted by Gasteiger charge is -2.12. The molecule has 11 aromatic rings. The molecule has 3 heterocycles. The number of furan rings is 1. The van der Waals surface area contributed by atoms with Crippen LogP contribution < -0.4 is 0 Å². The van der Waals surface area contributed by atoms with Crippen molar-refractivity contribution in [1.82, 2.24) is 19.5 Å². The second-order valence-corrected chi connectivity index (χ2v) is 14.0. The Balaban J connectivity index is 1.14. The number of nitrogens with zero attached hydrogens (tertiary/aromatic N) is 4. The summed E-state index contributed by atoms with van der Waals surface area (Å²) in [6.45, 7) is 0. The summed E-state index contributed by atoms with van der Waals surface area (Å²) in [5.41, 5.74) is 12.3. The van der Waals surface area contributed by atoms with Gasteiger partial charge in [-0.3, -0.25) is 0 Å². The standard InChI is InChI=1S/C51H32N4O/c1-4-14-33(15-5-1)35-18-12-19-36(30-35)37-27-29-45-44(31-37)42-23-13-24-43(48(42)55(45)39-20-8-3-9-21-39)51-53-49(34-16-6-2-7-17-34)52-50(54-51)38-26-28-41-40-22-10-11-25-46(40)56-47(41)32-38/h1-32H. The molecule has 0 amide bonds. The highest BCUT2D eigenvalue weighted by molar-refractivity contribution is 6.14. The topological polar surface area (TPSA) is 56.7 Å². The van der Waals surface area contributed by atoms with Crippen LogP contribution in [0.1, 0.15) is 0 Å². The molecule has 0 unspecified atom stereocenters. The van der Waals surface area contributed by atoms with Crippen molar-refractivity contribution < 1.29 is 4.42 Å². The summed E-state index contributed by atoms with van der Waals surface area (Å²) in [6, 6.07) is 67.6. The Labute approximate surface area is 322 Å². The van der Waals surface area contributed by atoms with Crippen molar-refractivity contribution in [3.63, 3.8) is 0 Å². The molecule has 0 saturated heterocycles. The van der Waals surface area contributed by atoms with Gasteiger partial charge in [0.2, 0.25) is 0 Å². The largest absolute Gasteiger partial charge is 0.456 e. The van der Waals surface area contributed by atoms with Gasteiger partial charge in [-0.05, 0) is 76.9 Å². The van der Waals surface area contributed by atoms with E-state index in [-0.39, 0.29) is 0 Å². The fourth-order valence-corrected chi connectivity index (χ4v) is 7.99. The Morgan fingerprint density at radius 1 is 0.339 bits per heavy atom. The van der Waals surface area contributed by atoms with Crippen LogP contribution in [-0.2, 0) is 0 Å². The molecule has 0 bridgehead atoms. The first-order valence-electron chi connectivity index (χ1n) is 18.8. The molecule has 5 heteroatoms. The Hall–Kier alpha value is -7.63. The van der Waals surface area contributed by atoms with Gasteiger partial charge in [-0.1, -0.05) is 140 Å². The van der Waals surface area contributed by atoms with E-state index in [0.717, 1.165) is 71.7 Å². The van der Waals surface area contributed by atoms with Gasteiger partial charge in [0.15, 0.2) is 17.5 Å². The van der Waals surface area contributed by atoms with Crippen molar-refractivity contribution in [2.75, 3.05) is 0 Å². The molecule has 0 fully saturated rings. The molecule has 56 heavy (non-hydrogen) atoms. The van der Waals surface area contributed by atoms with Gasteiger partial charge in [0, 0.05) is 43.9 Å². The SMILES string of the molecule is c1ccc(-c2cccc(-c3ccc4c(c3)c3cccc(-c5nc(-c6ccccc6)nc(-c6ccc7c(c6)oc6ccccc67)n5)c3n4-c3ccccc3)c2)cc1. The van der Waals surface area contributed by atoms with E-state index in [9.17, 15) is 0 Å². The molecule has 8 aromatic carbocycles. The van der Waals surface area contributed by atoms with Crippen LogP contribution in [0.5, 0.6) is 0 Å². The van der Waals surface area contributed by atoms with Gasteiger partial charge in [0.25, 0.3) is 0 Å². The third-order valence-electron chi connectivity index (χ3n) is 10.6. The van der Waals surface area contributed by atoms with E-state index in [1.165, 1.54) is 16.7 Å². The molecular weight excluding hydrogens is 685 g/mol. The summed E-state index contributed by atoms with van der Waals surface area (Å²) in [5.74, 6) is 1.78. The second kappa shape index (κ2) is 13.0. The first-order chi connectivity index (χ1) is 27.7. The lowest BCUT2D eigenvalue weighted by molar-refractivity contribution is 0.669. The first kappa shape index (κ1) is 31.9. The van der Waals surface area contributed by atoms with E-state index in [0.29, 0.717) is 17.5 Å². The predicted octanol–water partition coefficient (Wildman–Crippen LogP) is 13.2. The maximum atomic E-state index is 6.30. The van der Waals surface area contributed by atoms with Crippen molar-refractivity contribution >= 4 is 43.7 Å². The molecule has 0 saturated carbocycles. The molecule has 0 aliphatic rings. The highest BCUT2D eigenvalue weighted by Crippen LogP contribution is 2.40. The first-order valence-corrected chi connectivity index (χ1v) is 18.8. The van der Waals surface area contributed by atoms with Gasteiger partial charge < -0.3 is 8.98 Å². The number of hydrogen-bond donors (Lipinski definition) is 0. The molecule has 0 aliphatic heterocycles. The summed E-state index contributed by atoms with van der Waals surface area (Å²) in [5, 5.41) is 4.42. The number of para-hydroxylation sites is 3. The van der Waals surface area contributed by atoms with Crippen molar-refractivity contribution in [2.24, 2.45) is 0 Å². The molecule has 3 aromatic heterocycles. The Morgan fingerprint density at radius 3 is 1.71 bits per heavy atom. The maximum absolute atomic E-state index is 6.30. The molecule has 0 N–H and O–H groups in total. The summed E-state index contributed by atoms with van der Waals surface area (Å²) in [6.07, 6.45) is 0. The lowest BCUT2D eigenvalue weighted by atomic mass is 9.98. The van der Waals surface area contributed by atoms with Crippen LogP contribution in [0.4, 0.5) is 0 Å². The van der Waals surface area contributed by atoms with E-state index in [1.54, 1.807) is 0 Å². The van der Waals surface area contributed by atoms with Crippen molar-refractivity contribution in [1.29, 1.82) is 0 Å². The third kappa shape index (κ3) is 5.37. The van der Waals surface area contributed by atoms with Crippen LogP contribution in [-0.4, -0.2) is 19.5 Å². The van der Waals surface area contributed by atoms with Crippen LogP contribution in [0.15, 0.2) is 199 Å². The molecule has 11 rings (SSSR count). The van der Waals surface area contributed by atoms with E-state index in [2.05, 4.69) is 144 Å². The van der Waals surface area contributed by atoms with Crippen molar-refractivity contribution in [3.05, 3.63) is 194 Å². The highest BCUT2D eigenvalue weighted by atomic mass is 16.3. The zero-order valence-corrected chi connectivity index (χ0v) is 30.2. The zero-order chi connectivity index (χ0) is 37.0. The molecule has 262 valence electrons. The van der Waals surface area contributed by atoms with Gasteiger partial charge in [-0.2, -0.15) is 0 Å². The maximum Gasteiger partial charge on any atom is 0.166 e. The Bertz CT molecular complexity index is 3240. The van der Waals surface area contributed by atoms with Crippen molar-refractivity contribution in [3.8, 4) is 62.1 Å². The normalized spacial score (nSPS) is 11.6. The molecule has 5 nitrogen and oxygen atoms in total. The van der Waals surface area contributed by atoms with Gasteiger partial charge in [-0.15, -0.1) is 0 Å². The fraction of sp³-hybridized carbons (Fsp3) is 0. The van der Waals surface area contributed by atoms with Gasteiger partial charge in [-0.25, -0.2) is 15.0 Å². The summed E-state index contributed by atoms with van der Waals surface area (Å²) in [4.78, 5) is 15.5. The average Bonchev–Trinajstić information content (AvgIpc) is 3.82. The van der Waals surface area contributed by atoms with E-state index < -0.39 is 0 Å². The highest BCUT2D eigenvalue weighted by Gasteiger charge is 2.21. The minimum atomic E-state index is 0.580. The number of hydrogen-bond acceptors (Lipinski definition) is 4. The number of fused-ring (bicyclic) bond motifs is 6. The average molecular weight is 717 g/mol.